The minimum Gasteiger partial charge on any atom is -0.490 e. The number of fused-ring (bicyclic) bond motifs is 2. The minimum absolute atomic E-state index is 0.0511. The summed E-state index contributed by atoms with van der Waals surface area (Å²) >= 11 is 0. The lowest BCUT2D eigenvalue weighted by Gasteiger charge is -2.20. The number of ether oxygens (including phenoxy) is 2. The van der Waals surface area contributed by atoms with Crippen LogP contribution in [0.2, 0.25) is 0 Å². The Morgan fingerprint density at radius 3 is 2.22 bits per heavy atom. The SMILES string of the molecule is O=C1c2ccccc2C(=O)c2c(OCCOCCO)cccc21. The third-order valence-corrected chi connectivity index (χ3v) is 3.64. The first-order valence-electron chi connectivity index (χ1n) is 7.37. The highest BCUT2D eigenvalue weighted by molar-refractivity contribution is 6.29. The molecule has 0 unspecified atom stereocenters. The fraction of sp³-hybridized carbons (Fsp3) is 0.222. The van der Waals surface area contributed by atoms with Gasteiger partial charge in [0.1, 0.15) is 12.4 Å². The molecule has 0 bridgehead atoms. The van der Waals surface area contributed by atoms with Crippen molar-refractivity contribution in [3.8, 4) is 5.75 Å². The summed E-state index contributed by atoms with van der Waals surface area (Å²) < 4.78 is 10.7. The van der Waals surface area contributed by atoms with Gasteiger partial charge in [0.05, 0.1) is 25.4 Å². The van der Waals surface area contributed by atoms with Crippen LogP contribution < -0.4 is 4.74 Å². The van der Waals surface area contributed by atoms with Gasteiger partial charge >= 0.3 is 0 Å². The van der Waals surface area contributed by atoms with Crippen molar-refractivity contribution in [1.29, 1.82) is 0 Å². The predicted octanol–water partition coefficient (Wildman–Crippen LogP) is 1.85. The molecule has 0 spiro atoms. The molecular weight excluding hydrogens is 296 g/mol. The molecule has 1 N–H and O–H groups in total. The van der Waals surface area contributed by atoms with E-state index in [1.54, 1.807) is 42.5 Å². The molecule has 3 rings (SSSR count). The molecule has 0 saturated heterocycles. The molecule has 5 nitrogen and oxygen atoms in total. The van der Waals surface area contributed by atoms with Crippen molar-refractivity contribution in [3.63, 3.8) is 0 Å². The minimum atomic E-state index is -0.206. The third kappa shape index (κ3) is 2.88. The average molecular weight is 312 g/mol. The lowest BCUT2D eigenvalue weighted by Crippen LogP contribution is -2.22. The Kier molecular flexibility index (Phi) is 4.50. The van der Waals surface area contributed by atoms with Crippen LogP contribution in [0.25, 0.3) is 0 Å². The van der Waals surface area contributed by atoms with Crippen molar-refractivity contribution < 1.29 is 24.2 Å². The Morgan fingerprint density at radius 1 is 0.783 bits per heavy atom. The molecule has 118 valence electrons. The Morgan fingerprint density at radius 2 is 1.48 bits per heavy atom. The topological polar surface area (TPSA) is 72.8 Å². The zero-order valence-corrected chi connectivity index (χ0v) is 12.5. The van der Waals surface area contributed by atoms with Crippen molar-refractivity contribution in [3.05, 3.63) is 64.7 Å². The monoisotopic (exact) mass is 312 g/mol. The summed E-state index contributed by atoms with van der Waals surface area (Å²) in [6.07, 6.45) is 0. The van der Waals surface area contributed by atoms with Crippen molar-refractivity contribution >= 4 is 11.6 Å². The Hall–Kier alpha value is -2.50. The number of carbonyl (C=O) groups excluding carboxylic acids is 2. The quantitative estimate of drug-likeness (QED) is 0.703. The Balaban J connectivity index is 1.88. The highest BCUT2D eigenvalue weighted by Crippen LogP contribution is 2.33. The van der Waals surface area contributed by atoms with Crippen LogP contribution in [0.3, 0.4) is 0 Å². The molecule has 0 aliphatic heterocycles. The molecule has 0 radical (unpaired) electrons. The fourth-order valence-corrected chi connectivity index (χ4v) is 2.61. The maximum atomic E-state index is 12.7. The number of ketones is 2. The number of benzene rings is 2. The smallest absolute Gasteiger partial charge is 0.198 e. The number of carbonyl (C=O) groups is 2. The van der Waals surface area contributed by atoms with E-state index in [4.69, 9.17) is 14.6 Å². The van der Waals surface area contributed by atoms with Gasteiger partial charge in [-0.15, -0.1) is 0 Å². The molecule has 2 aromatic rings. The van der Waals surface area contributed by atoms with Gasteiger partial charge in [0.2, 0.25) is 0 Å². The molecule has 0 amide bonds. The lowest BCUT2D eigenvalue weighted by atomic mass is 9.83. The first-order valence-corrected chi connectivity index (χ1v) is 7.37. The highest BCUT2D eigenvalue weighted by atomic mass is 16.5. The largest absolute Gasteiger partial charge is 0.490 e. The molecule has 0 heterocycles. The van der Waals surface area contributed by atoms with Gasteiger partial charge in [0.15, 0.2) is 11.6 Å². The maximum Gasteiger partial charge on any atom is 0.198 e. The van der Waals surface area contributed by atoms with Gasteiger partial charge in [0, 0.05) is 16.7 Å². The summed E-state index contributed by atoms with van der Waals surface area (Å²) in [6, 6.07) is 11.8. The van der Waals surface area contributed by atoms with E-state index in [1.807, 2.05) is 0 Å². The van der Waals surface area contributed by atoms with Crippen molar-refractivity contribution in [2.24, 2.45) is 0 Å². The van der Waals surface area contributed by atoms with Crippen LogP contribution in [0.15, 0.2) is 42.5 Å². The van der Waals surface area contributed by atoms with Crippen LogP contribution in [-0.2, 0) is 4.74 Å². The molecule has 5 heteroatoms. The molecule has 1 aliphatic rings. The summed E-state index contributed by atoms with van der Waals surface area (Å²) in [5, 5.41) is 8.65. The van der Waals surface area contributed by atoms with E-state index in [0.29, 0.717) is 34.6 Å². The maximum absolute atomic E-state index is 12.7. The normalized spacial score (nSPS) is 12.7. The van der Waals surface area contributed by atoms with Crippen LogP contribution in [0.1, 0.15) is 31.8 Å². The number of aliphatic hydroxyl groups excluding tert-OH is 1. The first kappa shape index (κ1) is 15.4. The van der Waals surface area contributed by atoms with Crippen LogP contribution in [-0.4, -0.2) is 43.1 Å². The number of hydrogen-bond donors (Lipinski definition) is 1. The van der Waals surface area contributed by atoms with Crippen LogP contribution in [0, 0.1) is 0 Å². The van der Waals surface area contributed by atoms with Crippen LogP contribution in [0.5, 0.6) is 5.75 Å². The number of hydrogen-bond acceptors (Lipinski definition) is 5. The zero-order valence-electron chi connectivity index (χ0n) is 12.5. The molecule has 0 fully saturated rings. The Labute approximate surface area is 133 Å². The van der Waals surface area contributed by atoms with Crippen molar-refractivity contribution in [1.82, 2.24) is 0 Å². The summed E-state index contributed by atoms with van der Waals surface area (Å²) in [5.41, 5.74) is 1.49. The average Bonchev–Trinajstić information content (AvgIpc) is 2.59. The van der Waals surface area contributed by atoms with Gasteiger partial charge in [-0.1, -0.05) is 36.4 Å². The lowest BCUT2D eigenvalue weighted by molar-refractivity contribution is 0.0700. The van der Waals surface area contributed by atoms with Gasteiger partial charge in [-0.2, -0.15) is 0 Å². The van der Waals surface area contributed by atoms with E-state index < -0.39 is 0 Å². The van der Waals surface area contributed by atoms with E-state index in [2.05, 4.69) is 0 Å². The highest BCUT2D eigenvalue weighted by Gasteiger charge is 2.31. The molecule has 0 saturated carbocycles. The molecule has 0 aromatic heterocycles. The van der Waals surface area contributed by atoms with Gasteiger partial charge in [-0.05, 0) is 6.07 Å². The Bertz CT molecular complexity index is 751. The number of rotatable bonds is 6. The second kappa shape index (κ2) is 6.73. The first-order chi connectivity index (χ1) is 11.2. The van der Waals surface area contributed by atoms with Crippen molar-refractivity contribution in [2.45, 2.75) is 0 Å². The standard InChI is InChI=1S/C18H16O5/c19-8-9-22-10-11-23-15-7-3-6-14-16(15)18(21)13-5-2-1-4-12(13)17(14)20/h1-7,19H,8-11H2. The van der Waals surface area contributed by atoms with Gasteiger partial charge in [0.25, 0.3) is 0 Å². The second-order valence-electron chi connectivity index (χ2n) is 5.07. The van der Waals surface area contributed by atoms with Crippen LogP contribution in [0.4, 0.5) is 0 Å². The second-order valence-corrected chi connectivity index (χ2v) is 5.07. The van der Waals surface area contributed by atoms with E-state index >= 15 is 0 Å². The van der Waals surface area contributed by atoms with E-state index in [0.717, 1.165) is 0 Å². The van der Waals surface area contributed by atoms with Crippen LogP contribution >= 0.6 is 0 Å². The van der Waals surface area contributed by atoms with Gasteiger partial charge in [-0.25, -0.2) is 0 Å². The molecule has 23 heavy (non-hydrogen) atoms. The van der Waals surface area contributed by atoms with E-state index in [9.17, 15) is 9.59 Å². The molecule has 0 atom stereocenters. The molecular formula is C18H16O5. The summed E-state index contributed by atoms with van der Waals surface area (Å²) in [6.45, 7) is 0.716. The number of aliphatic hydroxyl groups is 1. The third-order valence-electron chi connectivity index (χ3n) is 3.64. The fourth-order valence-electron chi connectivity index (χ4n) is 2.61. The predicted molar refractivity (Wildman–Crippen MR) is 83.1 cm³/mol. The zero-order chi connectivity index (χ0) is 16.2. The van der Waals surface area contributed by atoms with Crippen molar-refractivity contribution in [2.75, 3.05) is 26.4 Å². The summed E-state index contributed by atoms with van der Waals surface area (Å²) in [5.74, 6) is 0.00204. The van der Waals surface area contributed by atoms with E-state index in [-0.39, 0.29) is 31.4 Å². The van der Waals surface area contributed by atoms with E-state index in [1.165, 1.54) is 0 Å². The van der Waals surface area contributed by atoms with Gasteiger partial charge in [-0.3, -0.25) is 9.59 Å². The molecule has 2 aromatic carbocycles. The molecule has 1 aliphatic carbocycles. The van der Waals surface area contributed by atoms with Gasteiger partial charge < -0.3 is 14.6 Å². The summed E-state index contributed by atoms with van der Waals surface area (Å²) in [7, 11) is 0. The summed E-state index contributed by atoms with van der Waals surface area (Å²) in [4.78, 5) is 25.3.